The molecule has 0 saturated heterocycles. The second-order valence-corrected chi connectivity index (χ2v) is 5.06. The third kappa shape index (κ3) is 3.13. The van der Waals surface area contributed by atoms with Crippen LogP contribution in [-0.4, -0.2) is 26.8 Å². The van der Waals surface area contributed by atoms with E-state index in [-0.39, 0.29) is 17.7 Å². The molecule has 1 aromatic carbocycles. The summed E-state index contributed by atoms with van der Waals surface area (Å²) in [5.74, 6) is -1.82. The minimum atomic E-state index is -1.56. The van der Waals surface area contributed by atoms with Gasteiger partial charge in [-0.3, -0.25) is 9.59 Å². The molecule has 120 valence electrons. The van der Waals surface area contributed by atoms with Crippen LogP contribution in [0.4, 0.5) is 0 Å². The molecule has 1 atom stereocenters. The van der Waals surface area contributed by atoms with Crippen LogP contribution in [0.15, 0.2) is 47.3 Å². The van der Waals surface area contributed by atoms with Crippen LogP contribution in [-0.2, 0) is 17.4 Å². The Morgan fingerprint density at radius 3 is 2.39 bits per heavy atom. The number of aryl methyl sites for hydroxylation is 1. The van der Waals surface area contributed by atoms with Crippen LogP contribution >= 0.6 is 0 Å². The molecule has 1 heterocycles. The lowest BCUT2D eigenvalue weighted by Gasteiger charge is -2.29. The number of hydrogen-bond donors (Lipinski definition) is 2. The molecule has 0 aliphatic rings. The van der Waals surface area contributed by atoms with Gasteiger partial charge < -0.3 is 10.4 Å². The molecule has 2 aromatic rings. The van der Waals surface area contributed by atoms with Crippen molar-refractivity contribution in [2.75, 3.05) is 0 Å². The zero-order valence-corrected chi connectivity index (χ0v) is 12.8. The first-order valence-electron chi connectivity index (χ1n) is 7.06. The number of aromatic nitrogens is 2. The molecule has 1 unspecified atom stereocenters. The second-order valence-electron chi connectivity index (χ2n) is 5.06. The minimum Gasteiger partial charge on any atom is -0.479 e. The van der Waals surface area contributed by atoms with Gasteiger partial charge in [0, 0.05) is 13.1 Å². The van der Waals surface area contributed by atoms with E-state index in [0.29, 0.717) is 5.56 Å². The van der Waals surface area contributed by atoms with E-state index in [1.165, 1.54) is 19.2 Å². The van der Waals surface area contributed by atoms with Gasteiger partial charge in [-0.25, -0.2) is 9.48 Å². The van der Waals surface area contributed by atoms with Gasteiger partial charge in [0.05, 0.1) is 0 Å². The van der Waals surface area contributed by atoms with Gasteiger partial charge >= 0.3 is 5.97 Å². The summed E-state index contributed by atoms with van der Waals surface area (Å²) in [6, 6.07) is 10.9. The summed E-state index contributed by atoms with van der Waals surface area (Å²) in [6.45, 7) is 1.68. The highest BCUT2D eigenvalue weighted by molar-refractivity contribution is 5.96. The zero-order valence-electron chi connectivity index (χ0n) is 12.8. The van der Waals surface area contributed by atoms with Crippen LogP contribution in [0.2, 0.25) is 0 Å². The average molecular weight is 315 g/mol. The van der Waals surface area contributed by atoms with Crippen molar-refractivity contribution in [3.63, 3.8) is 0 Å². The van der Waals surface area contributed by atoms with E-state index in [4.69, 9.17) is 0 Å². The standard InChI is InChI=1S/C16H17N3O4/c1-3-16(15(22)23,11-7-5-4-6-8-11)17-14(21)12-9-10-13(20)19(2)18-12/h4-10H,3H2,1-2H3,(H,17,21)(H,22,23). The first-order valence-corrected chi connectivity index (χ1v) is 7.06. The largest absolute Gasteiger partial charge is 0.479 e. The van der Waals surface area contributed by atoms with Gasteiger partial charge in [-0.15, -0.1) is 0 Å². The fraction of sp³-hybridized carbons (Fsp3) is 0.250. The molecule has 2 N–H and O–H groups in total. The smallest absolute Gasteiger partial charge is 0.334 e. The van der Waals surface area contributed by atoms with Crippen molar-refractivity contribution in [3.05, 3.63) is 64.1 Å². The van der Waals surface area contributed by atoms with Crippen molar-refractivity contribution in [3.8, 4) is 0 Å². The zero-order chi connectivity index (χ0) is 17.0. The molecular weight excluding hydrogens is 298 g/mol. The summed E-state index contributed by atoms with van der Waals surface area (Å²) < 4.78 is 1.02. The predicted molar refractivity (Wildman–Crippen MR) is 83.0 cm³/mol. The topological polar surface area (TPSA) is 101 Å². The second kappa shape index (κ2) is 6.43. The van der Waals surface area contributed by atoms with Crippen molar-refractivity contribution < 1.29 is 14.7 Å². The SMILES string of the molecule is CCC(NC(=O)c1ccc(=O)n(C)n1)(C(=O)O)c1ccccc1. The average Bonchev–Trinajstić information content (AvgIpc) is 2.55. The number of carboxylic acids is 1. The van der Waals surface area contributed by atoms with E-state index in [1.54, 1.807) is 37.3 Å². The fourth-order valence-corrected chi connectivity index (χ4v) is 2.30. The van der Waals surface area contributed by atoms with Crippen molar-refractivity contribution in [2.24, 2.45) is 7.05 Å². The lowest BCUT2D eigenvalue weighted by Crippen LogP contribution is -2.51. The third-order valence-corrected chi connectivity index (χ3v) is 3.68. The Morgan fingerprint density at radius 2 is 1.87 bits per heavy atom. The van der Waals surface area contributed by atoms with Gasteiger partial charge in [0.2, 0.25) is 0 Å². The van der Waals surface area contributed by atoms with Gasteiger partial charge in [0.1, 0.15) is 5.69 Å². The van der Waals surface area contributed by atoms with Crippen molar-refractivity contribution in [1.82, 2.24) is 15.1 Å². The van der Waals surface area contributed by atoms with Crippen LogP contribution in [0.3, 0.4) is 0 Å². The highest BCUT2D eigenvalue weighted by Gasteiger charge is 2.40. The van der Waals surface area contributed by atoms with Gasteiger partial charge in [-0.2, -0.15) is 5.10 Å². The van der Waals surface area contributed by atoms with E-state index in [9.17, 15) is 19.5 Å². The summed E-state index contributed by atoms with van der Waals surface area (Å²) in [5, 5.41) is 16.1. The Morgan fingerprint density at radius 1 is 1.22 bits per heavy atom. The lowest BCUT2D eigenvalue weighted by molar-refractivity contribution is -0.145. The van der Waals surface area contributed by atoms with Crippen LogP contribution in [0.1, 0.15) is 29.4 Å². The first-order chi connectivity index (χ1) is 10.9. The number of amides is 1. The van der Waals surface area contributed by atoms with Crippen LogP contribution < -0.4 is 10.9 Å². The van der Waals surface area contributed by atoms with Gasteiger partial charge in [-0.1, -0.05) is 37.3 Å². The number of rotatable bonds is 5. The van der Waals surface area contributed by atoms with Crippen LogP contribution in [0.25, 0.3) is 0 Å². The van der Waals surface area contributed by atoms with E-state index in [2.05, 4.69) is 10.4 Å². The molecule has 0 saturated carbocycles. The number of aliphatic carboxylic acids is 1. The first kappa shape index (κ1) is 16.4. The molecule has 2 rings (SSSR count). The molecule has 0 aliphatic carbocycles. The molecule has 23 heavy (non-hydrogen) atoms. The highest BCUT2D eigenvalue weighted by Crippen LogP contribution is 2.25. The predicted octanol–water partition coefficient (Wildman–Crippen LogP) is 0.900. The van der Waals surface area contributed by atoms with E-state index < -0.39 is 17.4 Å². The number of carbonyl (C=O) groups is 2. The lowest BCUT2D eigenvalue weighted by atomic mass is 9.87. The molecule has 0 radical (unpaired) electrons. The van der Waals surface area contributed by atoms with E-state index >= 15 is 0 Å². The maximum absolute atomic E-state index is 12.4. The summed E-state index contributed by atoms with van der Waals surface area (Å²) in [6.07, 6.45) is 0.157. The Hall–Kier alpha value is -2.96. The third-order valence-electron chi connectivity index (χ3n) is 3.68. The summed E-state index contributed by atoms with van der Waals surface area (Å²) in [5.41, 5.74) is -1.48. The van der Waals surface area contributed by atoms with Crippen LogP contribution in [0.5, 0.6) is 0 Å². The monoisotopic (exact) mass is 315 g/mol. The number of carbonyl (C=O) groups excluding carboxylic acids is 1. The van der Waals surface area contributed by atoms with Crippen LogP contribution in [0, 0.1) is 0 Å². The molecule has 7 heteroatoms. The molecule has 0 fully saturated rings. The summed E-state index contributed by atoms with van der Waals surface area (Å²) >= 11 is 0. The summed E-state index contributed by atoms with van der Waals surface area (Å²) in [4.78, 5) is 35.6. The number of benzene rings is 1. The fourth-order valence-electron chi connectivity index (χ4n) is 2.30. The van der Waals surface area contributed by atoms with Crippen molar-refractivity contribution in [1.29, 1.82) is 0 Å². The number of nitrogens with zero attached hydrogens (tertiary/aromatic N) is 2. The molecule has 0 bridgehead atoms. The molecular formula is C16H17N3O4. The normalized spacial score (nSPS) is 13.1. The van der Waals surface area contributed by atoms with Gasteiger partial charge in [-0.05, 0) is 18.1 Å². The van der Waals surface area contributed by atoms with E-state index in [0.717, 1.165) is 4.68 Å². The number of hydrogen-bond acceptors (Lipinski definition) is 4. The molecule has 1 aromatic heterocycles. The van der Waals surface area contributed by atoms with Gasteiger partial charge in [0.25, 0.3) is 11.5 Å². The number of nitrogens with one attached hydrogen (secondary N) is 1. The molecule has 1 amide bonds. The van der Waals surface area contributed by atoms with Gasteiger partial charge in [0.15, 0.2) is 5.54 Å². The highest BCUT2D eigenvalue weighted by atomic mass is 16.4. The Kier molecular flexibility index (Phi) is 4.59. The van der Waals surface area contributed by atoms with Crippen molar-refractivity contribution >= 4 is 11.9 Å². The maximum atomic E-state index is 12.4. The quantitative estimate of drug-likeness (QED) is 0.853. The minimum absolute atomic E-state index is 0.0258. The van der Waals surface area contributed by atoms with Crippen molar-refractivity contribution in [2.45, 2.75) is 18.9 Å². The number of carboxylic acid groups (broad SMARTS) is 1. The van der Waals surface area contributed by atoms with E-state index in [1.807, 2.05) is 0 Å². The molecule has 7 nitrogen and oxygen atoms in total. The Bertz CT molecular complexity index is 785. The Labute approximate surface area is 132 Å². The molecule has 0 aliphatic heterocycles. The summed E-state index contributed by atoms with van der Waals surface area (Å²) in [7, 11) is 1.42. The Balaban J connectivity index is 2.42. The maximum Gasteiger partial charge on any atom is 0.334 e. The molecule has 0 spiro atoms.